The van der Waals surface area contributed by atoms with Crippen molar-refractivity contribution < 1.29 is 0 Å². The lowest BCUT2D eigenvalue weighted by Gasteiger charge is -2.19. The summed E-state index contributed by atoms with van der Waals surface area (Å²) in [5.74, 6) is 1.31. The normalized spacial score (nSPS) is 9.00. The van der Waals surface area contributed by atoms with Gasteiger partial charge in [0.15, 0.2) is 0 Å². The molecule has 1 aromatic heterocycles. The maximum absolute atomic E-state index is 8.68. The van der Waals surface area contributed by atoms with Gasteiger partial charge in [0.25, 0.3) is 0 Å². The summed E-state index contributed by atoms with van der Waals surface area (Å²) < 4.78 is 0. The van der Waals surface area contributed by atoms with E-state index in [0.29, 0.717) is 11.6 Å². The van der Waals surface area contributed by atoms with Gasteiger partial charge in [-0.15, -0.1) is 0 Å². The quantitative estimate of drug-likeness (QED) is 0.744. The Kier molecular flexibility index (Phi) is 4.05. The Bertz CT molecular complexity index is 426. The highest BCUT2D eigenvalue weighted by atomic mass is 15.2. The van der Waals surface area contributed by atoms with Crippen LogP contribution < -0.4 is 10.2 Å². The Labute approximate surface area is 94.2 Å². The molecule has 0 bridgehead atoms. The van der Waals surface area contributed by atoms with Gasteiger partial charge < -0.3 is 10.2 Å². The lowest BCUT2D eigenvalue weighted by atomic mass is 10.3. The van der Waals surface area contributed by atoms with Crippen LogP contribution in [0, 0.1) is 29.6 Å². The summed E-state index contributed by atoms with van der Waals surface area (Å²) in [4.78, 5) is 9.75. The van der Waals surface area contributed by atoms with E-state index in [1.54, 1.807) is 11.9 Å². The number of rotatable bonds is 4. The Balaban J connectivity index is 3.10. The maximum atomic E-state index is 8.68. The van der Waals surface area contributed by atoms with E-state index < -0.39 is 0 Å². The molecule has 16 heavy (non-hydrogen) atoms. The van der Waals surface area contributed by atoms with Crippen LogP contribution in [0.3, 0.4) is 0 Å². The summed E-state index contributed by atoms with van der Waals surface area (Å²) in [6.45, 7) is 2.12. The van der Waals surface area contributed by atoms with Crippen molar-refractivity contribution in [3.05, 3.63) is 11.9 Å². The van der Waals surface area contributed by atoms with E-state index >= 15 is 0 Å². The Morgan fingerprint density at radius 2 is 1.94 bits per heavy atom. The molecule has 0 fully saturated rings. The highest BCUT2D eigenvalue weighted by Gasteiger charge is 2.12. The summed E-state index contributed by atoms with van der Waals surface area (Å²) in [5, 5.41) is 20.3. The molecule has 6 heteroatoms. The van der Waals surface area contributed by atoms with Crippen LogP contribution in [-0.2, 0) is 0 Å². The third-order valence-electron chi connectivity index (χ3n) is 2.12. The van der Waals surface area contributed by atoms with E-state index in [4.69, 9.17) is 10.5 Å². The lowest BCUT2D eigenvalue weighted by Crippen LogP contribution is -2.26. The van der Waals surface area contributed by atoms with Crippen molar-refractivity contribution in [3.63, 3.8) is 0 Å². The van der Waals surface area contributed by atoms with Crippen LogP contribution in [0.5, 0.6) is 0 Å². The number of nitriles is 2. The van der Waals surface area contributed by atoms with Gasteiger partial charge in [0.2, 0.25) is 0 Å². The van der Waals surface area contributed by atoms with Crippen LogP contribution in [0.4, 0.5) is 11.6 Å². The highest BCUT2D eigenvalue weighted by molar-refractivity contribution is 5.58. The summed E-state index contributed by atoms with van der Waals surface area (Å²) in [6, 6.07) is 4.02. The maximum Gasteiger partial charge on any atom is 0.138 e. The van der Waals surface area contributed by atoms with Crippen LogP contribution >= 0.6 is 0 Å². The van der Waals surface area contributed by atoms with Gasteiger partial charge in [-0.05, 0) is 6.92 Å². The van der Waals surface area contributed by atoms with Crippen molar-refractivity contribution in [2.24, 2.45) is 0 Å². The second kappa shape index (κ2) is 5.52. The molecule has 0 aliphatic heterocycles. The molecule has 0 atom stereocenters. The predicted octanol–water partition coefficient (Wildman–Crippen LogP) is 0.680. The molecule has 1 aromatic rings. The number of anilines is 2. The van der Waals surface area contributed by atoms with E-state index in [9.17, 15) is 0 Å². The second-order valence-electron chi connectivity index (χ2n) is 3.09. The molecule has 0 aliphatic rings. The molecule has 0 saturated carbocycles. The zero-order valence-electron chi connectivity index (χ0n) is 9.23. The van der Waals surface area contributed by atoms with Gasteiger partial charge in [0.1, 0.15) is 31.1 Å². The van der Waals surface area contributed by atoms with E-state index in [1.807, 2.05) is 19.1 Å². The van der Waals surface area contributed by atoms with Crippen LogP contribution in [0.15, 0.2) is 6.33 Å². The molecule has 0 aliphatic carbocycles. The van der Waals surface area contributed by atoms with Crippen LogP contribution in [-0.4, -0.2) is 30.1 Å². The fourth-order valence-electron chi connectivity index (χ4n) is 1.39. The standard InChI is InChI=1S/C10H12N6/c1-8-9(13-2)14-7-15-10(8)16(5-3-11)6-4-12/h7H,5-6H2,1-2H3,(H,13,14,15). The minimum atomic E-state index is 0.133. The molecule has 6 nitrogen and oxygen atoms in total. The van der Waals surface area contributed by atoms with E-state index in [0.717, 1.165) is 5.56 Å². The molecule has 1 heterocycles. The Hall–Kier alpha value is -2.34. The van der Waals surface area contributed by atoms with Gasteiger partial charge in [-0.1, -0.05) is 0 Å². The van der Waals surface area contributed by atoms with E-state index in [1.165, 1.54) is 6.33 Å². The zero-order chi connectivity index (χ0) is 12.0. The average Bonchev–Trinajstić information content (AvgIpc) is 2.29. The van der Waals surface area contributed by atoms with E-state index in [2.05, 4.69) is 15.3 Å². The molecule has 0 aromatic carbocycles. The first-order valence-electron chi connectivity index (χ1n) is 4.72. The fraction of sp³-hybridized carbons (Fsp3) is 0.400. The van der Waals surface area contributed by atoms with Crippen molar-refractivity contribution in [1.29, 1.82) is 10.5 Å². The number of aromatic nitrogens is 2. The van der Waals surface area contributed by atoms with Gasteiger partial charge in [-0.25, -0.2) is 9.97 Å². The van der Waals surface area contributed by atoms with Gasteiger partial charge in [0.05, 0.1) is 12.1 Å². The third kappa shape index (κ3) is 2.37. The molecule has 1 N–H and O–H groups in total. The van der Waals surface area contributed by atoms with Crippen molar-refractivity contribution in [2.75, 3.05) is 30.4 Å². The minimum absolute atomic E-state index is 0.133. The molecule has 1 rings (SSSR count). The van der Waals surface area contributed by atoms with Gasteiger partial charge in [0, 0.05) is 12.6 Å². The summed E-state index contributed by atoms with van der Waals surface area (Å²) in [6.07, 6.45) is 1.41. The summed E-state index contributed by atoms with van der Waals surface area (Å²) >= 11 is 0. The largest absolute Gasteiger partial charge is 0.373 e. The predicted molar refractivity (Wildman–Crippen MR) is 59.8 cm³/mol. The molecular formula is C10H12N6. The molecule has 0 spiro atoms. The molecule has 0 unspecified atom stereocenters. The zero-order valence-corrected chi connectivity index (χ0v) is 9.23. The third-order valence-corrected chi connectivity index (χ3v) is 2.12. The van der Waals surface area contributed by atoms with Crippen molar-refractivity contribution in [2.45, 2.75) is 6.92 Å². The van der Waals surface area contributed by atoms with Crippen LogP contribution in [0.2, 0.25) is 0 Å². The second-order valence-corrected chi connectivity index (χ2v) is 3.09. The van der Waals surface area contributed by atoms with Crippen LogP contribution in [0.1, 0.15) is 5.56 Å². The number of hydrogen-bond acceptors (Lipinski definition) is 6. The molecule has 0 radical (unpaired) electrons. The van der Waals surface area contributed by atoms with Crippen molar-refractivity contribution >= 4 is 11.6 Å². The number of nitrogens with one attached hydrogen (secondary N) is 1. The first-order valence-corrected chi connectivity index (χ1v) is 4.72. The van der Waals surface area contributed by atoms with Crippen LogP contribution in [0.25, 0.3) is 0 Å². The average molecular weight is 216 g/mol. The van der Waals surface area contributed by atoms with Gasteiger partial charge >= 0.3 is 0 Å². The van der Waals surface area contributed by atoms with Crippen molar-refractivity contribution in [1.82, 2.24) is 9.97 Å². The summed E-state index contributed by atoms with van der Waals surface area (Å²) in [5.41, 5.74) is 0.829. The van der Waals surface area contributed by atoms with Gasteiger partial charge in [-0.2, -0.15) is 10.5 Å². The first-order chi connectivity index (χ1) is 7.74. The van der Waals surface area contributed by atoms with Gasteiger partial charge in [-0.3, -0.25) is 0 Å². The topological polar surface area (TPSA) is 88.6 Å². The monoisotopic (exact) mass is 216 g/mol. The number of hydrogen-bond donors (Lipinski definition) is 1. The smallest absolute Gasteiger partial charge is 0.138 e. The van der Waals surface area contributed by atoms with Crippen molar-refractivity contribution in [3.8, 4) is 12.1 Å². The summed E-state index contributed by atoms with van der Waals surface area (Å²) in [7, 11) is 1.76. The minimum Gasteiger partial charge on any atom is -0.373 e. The lowest BCUT2D eigenvalue weighted by molar-refractivity contribution is 0.915. The Morgan fingerprint density at radius 1 is 1.31 bits per heavy atom. The molecule has 0 saturated heterocycles. The fourth-order valence-corrected chi connectivity index (χ4v) is 1.39. The SMILES string of the molecule is CNc1ncnc(N(CC#N)CC#N)c1C. The highest BCUT2D eigenvalue weighted by Crippen LogP contribution is 2.21. The molecule has 82 valence electrons. The Morgan fingerprint density at radius 3 is 2.44 bits per heavy atom. The molecule has 0 amide bonds. The number of nitrogens with zero attached hydrogens (tertiary/aromatic N) is 5. The first kappa shape index (κ1) is 11.7. The van der Waals surface area contributed by atoms with E-state index in [-0.39, 0.29) is 13.1 Å². The molecular weight excluding hydrogens is 204 g/mol.